The van der Waals surface area contributed by atoms with Gasteiger partial charge in [0, 0.05) is 11.3 Å². The van der Waals surface area contributed by atoms with Crippen molar-refractivity contribution >= 4 is 30.1 Å². The molecule has 0 radical (unpaired) electrons. The van der Waals surface area contributed by atoms with Gasteiger partial charge < -0.3 is 5.73 Å². The van der Waals surface area contributed by atoms with Gasteiger partial charge in [0.15, 0.2) is 0 Å². The van der Waals surface area contributed by atoms with Crippen molar-refractivity contribution in [3.05, 3.63) is 76.7 Å². The monoisotopic (exact) mass is 296 g/mol. The fraction of sp³-hybridized carbons (Fsp3) is 0.0588. The number of carbonyl (C=O) groups excluding carboxylic acids is 1. The number of nitrogens with two attached hydrogens (primary N) is 1. The van der Waals surface area contributed by atoms with Crippen molar-refractivity contribution in [2.45, 2.75) is 5.75 Å². The summed E-state index contributed by atoms with van der Waals surface area (Å²) in [6.07, 6.45) is 0. The van der Waals surface area contributed by atoms with Gasteiger partial charge in [-0.15, -0.1) is 11.8 Å². The minimum atomic E-state index is -0.484. The second kappa shape index (κ2) is 7.45. The fourth-order valence-electron chi connectivity index (χ4n) is 1.88. The predicted molar refractivity (Wildman–Crippen MR) is 89.8 cm³/mol. The van der Waals surface area contributed by atoms with Crippen LogP contribution in [-0.2, 0) is 10.5 Å². The van der Waals surface area contributed by atoms with Crippen LogP contribution >= 0.6 is 11.8 Å². The molecule has 21 heavy (non-hydrogen) atoms. The van der Waals surface area contributed by atoms with E-state index in [2.05, 4.69) is 11.7 Å². The first kappa shape index (κ1) is 15.1. The molecule has 0 atom stereocenters. The van der Waals surface area contributed by atoms with Crippen LogP contribution in [0.3, 0.4) is 0 Å². The minimum absolute atomic E-state index is 0.431. The summed E-state index contributed by atoms with van der Waals surface area (Å²) in [6.45, 7) is 3.57. The summed E-state index contributed by atoms with van der Waals surface area (Å²) >= 11 is 1.38. The molecule has 0 spiro atoms. The lowest BCUT2D eigenvalue weighted by atomic mass is 10.1. The normalized spacial score (nSPS) is 11.6. The average Bonchev–Trinajstić information content (AvgIpc) is 2.53. The maximum Gasteiger partial charge on any atom is 0.257 e. The van der Waals surface area contributed by atoms with Crippen molar-refractivity contribution in [1.82, 2.24) is 0 Å². The summed E-state index contributed by atoms with van der Waals surface area (Å²) in [5, 5.41) is 0. The van der Waals surface area contributed by atoms with E-state index in [0.29, 0.717) is 16.4 Å². The van der Waals surface area contributed by atoms with Crippen LogP contribution in [0.4, 0.5) is 0 Å². The molecular formula is C17H16N2OS. The predicted octanol–water partition coefficient (Wildman–Crippen LogP) is 3.47. The number of primary amides is 1. The van der Waals surface area contributed by atoms with Gasteiger partial charge in [-0.2, -0.15) is 0 Å². The Hall–Kier alpha value is -2.33. The van der Waals surface area contributed by atoms with Gasteiger partial charge in [-0.05, 0) is 12.3 Å². The molecule has 0 bridgehead atoms. The second-order valence-electron chi connectivity index (χ2n) is 4.34. The number of hydrogen-bond acceptors (Lipinski definition) is 3. The molecule has 0 fully saturated rings. The molecule has 4 heteroatoms. The molecule has 3 nitrogen and oxygen atoms in total. The number of thioether (sulfide) groups is 1. The van der Waals surface area contributed by atoms with E-state index in [1.807, 2.05) is 60.7 Å². The van der Waals surface area contributed by atoms with Gasteiger partial charge in [-0.3, -0.25) is 9.79 Å². The molecule has 0 unspecified atom stereocenters. The molecule has 1 amide bonds. The highest BCUT2D eigenvalue weighted by Crippen LogP contribution is 2.30. The Morgan fingerprint density at radius 1 is 1.05 bits per heavy atom. The third kappa shape index (κ3) is 4.07. The number of benzene rings is 2. The van der Waals surface area contributed by atoms with Crippen LogP contribution in [0.1, 0.15) is 11.1 Å². The summed E-state index contributed by atoms with van der Waals surface area (Å²) in [4.78, 5) is 16.2. The minimum Gasteiger partial charge on any atom is -0.365 e. The van der Waals surface area contributed by atoms with Crippen LogP contribution in [0.25, 0.3) is 5.70 Å². The molecule has 106 valence electrons. The maximum atomic E-state index is 11.8. The van der Waals surface area contributed by atoms with Crippen LogP contribution in [0.5, 0.6) is 0 Å². The first-order valence-electron chi connectivity index (χ1n) is 6.45. The molecule has 2 aromatic carbocycles. The van der Waals surface area contributed by atoms with Crippen LogP contribution < -0.4 is 5.73 Å². The molecule has 0 aliphatic carbocycles. The molecule has 2 aromatic rings. The van der Waals surface area contributed by atoms with Crippen molar-refractivity contribution in [3.63, 3.8) is 0 Å². The number of hydrogen-bond donors (Lipinski definition) is 1. The van der Waals surface area contributed by atoms with Gasteiger partial charge in [0.1, 0.15) is 0 Å². The topological polar surface area (TPSA) is 55.4 Å². The summed E-state index contributed by atoms with van der Waals surface area (Å²) in [6, 6.07) is 19.4. The zero-order chi connectivity index (χ0) is 15.1. The second-order valence-corrected chi connectivity index (χ2v) is 5.33. The van der Waals surface area contributed by atoms with Gasteiger partial charge in [0.05, 0.1) is 10.6 Å². The largest absolute Gasteiger partial charge is 0.365 e. The average molecular weight is 296 g/mol. The number of rotatable bonds is 6. The number of amides is 1. The van der Waals surface area contributed by atoms with Gasteiger partial charge in [-0.25, -0.2) is 0 Å². The Balaban J connectivity index is 2.30. The van der Waals surface area contributed by atoms with E-state index in [-0.39, 0.29) is 0 Å². The first-order valence-corrected chi connectivity index (χ1v) is 7.44. The molecule has 2 N–H and O–H groups in total. The molecule has 0 aliphatic rings. The van der Waals surface area contributed by atoms with Crippen LogP contribution in [0.2, 0.25) is 0 Å². The number of carbonyl (C=O) groups is 1. The first-order chi connectivity index (χ1) is 10.2. The Bertz CT molecular complexity index is 651. The van der Waals surface area contributed by atoms with Crippen LogP contribution in [-0.4, -0.2) is 12.6 Å². The highest BCUT2D eigenvalue weighted by molar-refractivity contribution is 8.03. The van der Waals surface area contributed by atoms with Gasteiger partial charge in [0.2, 0.25) is 0 Å². The standard InChI is InChI=1S/C17H16N2OS/c1-19-15(14-10-6-3-7-11-14)16(17(18)20)21-12-13-8-4-2-5-9-13/h2-11H,1,12H2,(H2,18,20)/b16-15-. The van der Waals surface area contributed by atoms with E-state index in [9.17, 15) is 4.79 Å². The quantitative estimate of drug-likeness (QED) is 0.655. The molecule has 0 saturated heterocycles. The van der Waals surface area contributed by atoms with E-state index in [1.165, 1.54) is 11.8 Å². The van der Waals surface area contributed by atoms with Crippen molar-refractivity contribution in [2.75, 3.05) is 0 Å². The molecule has 0 aliphatic heterocycles. The van der Waals surface area contributed by atoms with Crippen LogP contribution in [0.15, 0.2) is 70.6 Å². The molecule has 0 heterocycles. The molecule has 2 rings (SSSR count). The summed E-state index contributed by atoms with van der Waals surface area (Å²) < 4.78 is 0. The molecule has 0 saturated carbocycles. The van der Waals surface area contributed by atoms with E-state index < -0.39 is 5.91 Å². The van der Waals surface area contributed by atoms with Crippen LogP contribution in [0, 0.1) is 0 Å². The maximum absolute atomic E-state index is 11.8. The SMILES string of the molecule is C=N/C(=C(\SCc1ccccc1)C(N)=O)c1ccccc1. The fourth-order valence-corrected chi connectivity index (χ4v) is 2.84. The van der Waals surface area contributed by atoms with E-state index >= 15 is 0 Å². The Kier molecular flexibility index (Phi) is 5.35. The Morgan fingerprint density at radius 2 is 1.62 bits per heavy atom. The Morgan fingerprint density at radius 3 is 2.14 bits per heavy atom. The lowest BCUT2D eigenvalue weighted by Crippen LogP contribution is -2.13. The van der Waals surface area contributed by atoms with Crippen molar-refractivity contribution in [1.29, 1.82) is 0 Å². The lowest BCUT2D eigenvalue weighted by molar-refractivity contribution is -0.113. The van der Waals surface area contributed by atoms with Crippen molar-refractivity contribution < 1.29 is 4.79 Å². The zero-order valence-electron chi connectivity index (χ0n) is 11.5. The third-order valence-electron chi connectivity index (χ3n) is 2.87. The summed E-state index contributed by atoms with van der Waals surface area (Å²) in [7, 11) is 0. The number of nitrogens with zero attached hydrogens (tertiary/aromatic N) is 1. The number of aliphatic imine (C=N–C) groups is 1. The van der Waals surface area contributed by atoms with E-state index in [1.54, 1.807) is 0 Å². The summed E-state index contributed by atoms with van der Waals surface area (Å²) in [5.74, 6) is 0.174. The highest BCUT2D eigenvalue weighted by atomic mass is 32.2. The zero-order valence-corrected chi connectivity index (χ0v) is 12.3. The van der Waals surface area contributed by atoms with Crippen molar-refractivity contribution in [3.8, 4) is 0 Å². The highest BCUT2D eigenvalue weighted by Gasteiger charge is 2.14. The van der Waals surface area contributed by atoms with Gasteiger partial charge >= 0.3 is 0 Å². The van der Waals surface area contributed by atoms with E-state index in [0.717, 1.165) is 11.1 Å². The van der Waals surface area contributed by atoms with Crippen molar-refractivity contribution in [2.24, 2.45) is 10.7 Å². The Labute approximate surface area is 128 Å². The molecular weight excluding hydrogens is 280 g/mol. The summed E-state index contributed by atoms with van der Waals surface area (Å²) in [5.41, 5.74) is 8.00. The lowest BCUT2D eigenvalue weighted by Gasteiger charge is -2.09. The third-order valence-corrected chi connectivity index (χ3v) is 4.03. The van der Waals surface area contributed by atoms with Gasteiger partial charge in [0.25, 0.3) is 5.91 Å². The smallest absolute Gasteiger partial charge is 0.257 e. The molecule has 0 aromatic heterocycles. The van der Waals surface area contributed by atoms with E-state index in [4.69, 9.17) is 5.73 Å². The van der Waals surface area contributed by atoms with Gasteiger partial charge in [-0.1, -0.05) is 60.7 Å².